The van der Waals surface area contributed by atoms with Crippen molar-refractivity contribution in [3.8, 4) is 0 Å². The van der Waals surface area contributed by atoms with E-state index in [1.165, 1.54) is 89.9 Å². The minimum absolute atomic E-state index is 0.234. The molecule has 1 N–H and O–H groups in total. The first-order valence-electron chi connectivity index (χ1n) is 13.2. The molecule has 1 unspecified atom stereocenters. The molecule has 0 rings (SSSR count). The lowest BCUT2D eigenvalue weighted by Gasteiger charge is -2.34. The number of phosphoric acid groups is 1. The van der Waals surface area contributed by atoms with Crippen LogP contribution in [-0.4, -0.2) is 49.3 Å². The van der Waals surface area contributed by atoms with Crippen molar-refractivity contribution in [1.29, 1.82) is 0 Å². The highest BCUT2D eigenvalue weighted by Gasteiger charge is 2.24. The number of phosphoric ester groups is 1. The fourth-order valence-electron chi connectivity index (χ4n) is 3.52. The first-order valence-corrected chi connectivity index (χ1v) is 14.7. The van der Waals surface area contributed by atoms with Gasteiger partial charge < -0.3 is 9.38 Å². The molecular weight excluding hydrogens is 409 g/mol. The number of nitrogens with zero attached hydrogens (tertiary/aromatic N) is 1. The fourth-order valence-corrected chi connectivity index (χ4v) is 4.26. The molecule has 1 atom stereocenters. The molecule has 0 aromatic heterocycles. The highest BCUT2D eigenvalue weighted by atomic mass is 31.2. The normalized spacial score (nSPS) is 14.3. The van der Waals surface area contributed by atoms with Crippen LogP contribution in [-0.2, 0) is 13.6 Å². The molecule has 5 nitrogen and oxygen atoms in total. The van der Waals surface area contributed by atoms with Gasteiger partial charge in [-0.05, 0) is 20.3 Å². The summed E-state index contributed by atoms with van der Waals surface area (Å²) >= 11 is 0. The average molecular weight is 465 g/mol. The molecule has 0 radical (unpaired) electrons. The van der Waals surface area contributed by atoms with E-state index >= 15 is 0 Å². The van der Waals surface area contributed by atoms with E-state index in [1.807, 2.05) is 0 Å². The molecule has 0 aliphatic rings. The maximum absolute atomic E-state index is 11.9. The van der Waals surface area contributed by atoms with E-state index in [2.05, 4.69) is 34.9 Å². The van der Waals surface area contributed by atoms with Crippen LogP contribution in [0.4, 0.5) is 0 Å². The van der Waals surface area contributed by atoms with Gasteiger partial charge >= 0.3 is 7.82 Å². The third-order valence-electron chi connectivity index (χ3n) is 6.57. The van der Waals surface area contributed by atoms with Gasteiger partial charge in [-0.1, -0.05) is 103 Å². The molecule has 0 amide bonds. The quantitative estimate of drug-likeness (QED) is 0.0949. The number of unbranched alkanes of at least 4 members (excludes halogenated alkanes) is 15. The zero-order chi connectivity index (χ0) is 23.4. The minimum atomic E-state index is -3.91. The second-order valence-electron chi connectivity index (χ2n) is 10.0. The van der Waals surface area contributed by atoms with Gasteiger partial charge in [-0.15, -0.1) is 0 Å². The standard InChI is InChI=1S/C25H54NO4P/c1-6-7-8-9-10-11-12-13-14-15-16-17-18-19-20-21-23-29-31(27,28)30-24-22-26(4,5)25(2)3/h25H,6-24H2,1-5H3/p+1. The van der Waals surface area contributed by atoms with Crippen LogP contribution < -0.4 is 0 Å². The van der Waals surface area contributed by atoms with Gasteiger partial charge in [-0.25, -0.2) is 4.57 Å². The van der Waals surface area contributed by atoms with Crippen molar-refractivity contribution in [2.45, 2.75) is 130 Å². The Morgan fingerprint density at radius 2 is 1.03 bits per heavy atom. The predicted octanol–water partition coefficient (Wildman–Crippen LogP) is 7.87. The lowest BCUT2D eigenvalue weighted by atomic mass is 10.0. The van der Waals surface area contributed by atoms with Crippen LogP contribution >= 0.6 is 7.82 Å². The van der Waals surface area contributed by atoms with Gasteiger partial charge in [0.2, 0.25) is 0 Å². The summed E-state index contributed by atoms with van der Waals surface area (Å²) < 4.78 is 22.9. The van der Waals surface area contributed by atoms with Crippen LogP contribution in [0.3, 0.4) is 0 Å². The van der Waals surface area contributed by atoms with Crippen molar-refractivity contribution in [1.82, 2.24) is 0 Å². The Morgan fingerprint density at radius 1 is 0.677 bits per heavy atom. The van der Waals surface area contributed by atoms with Gasteiger partial charge in [-0.2, -0.15) is 0 Å². The van der Waals surface area contributed by atoms with Gasteiger partial charge in [0.15, 0.2) is 0 Å². The molecule has 0 spiro atoms. The van der Waals surface area contributed by atoms with Crippen molar-refractivity contribution in [3.63, 3.8) is 0 Å². The number of rotatable bonds is 23. The lowest BCUT2D eigenvalue weighted by Crippen LogP contribution is -2.47. The predicted molar refractivity (Wildman–Crippen MR) is 133 cm³/mol. The third kappa shape index (κ3) is 20.4. The second-order valence-corrected chi connectivity index (χ2v) is 11.5. The molecular formula is C25H55NO4P+. The minimum Gasteiger partial charge on any atom is -0.325 e. The number of quaternary nitrogens is 1. The SMILES string of the molecule is CCCCCCCCCCCCCCCCCCOP(=O)(O)OCC[N+](C)(C)C(C)C. The summed E-state index contributed by atoms with van der Waals surface area (Å²) in [5, 5.41) is 0. The maximum atomic E-state index is 11.9. The fraction of sp³-hybridized carbons (Fsp3) is 1.00. The van der Waals surface area contributed by atoms with E-state index in [4.69, 9.17) is 9.05 Å². The summed E-state index contributed by atoms with van der Waals surface area (Å²) in [5.41, 5.74) is 0. The van der Waals surface area contributed by atoms with Crippen LogP contribution in [0, 0.1) is 0 Å². The third-order valence-corrected chi connectivity index (χ3v) is 7.59. The smallest absolute Gasteiger partial charge is 0.325 e. The van der Waals surface area contributed by atoms with Gasteiger partial charge in [0.1, 0.15) is 13.2 Å². The molecule has 0 heterocycles. The molecule has 0 aliphatic heterocycles. The van der Waals surface area contributed by atoms with Crippen molar-refractivity contribution < 1.29 is 23.0 Å². The molecule has 0 saturated heterocycles. The highest BCUT2D eigenvalue weighted by molar-refractivity contribution is 7.47. The Labute approximate surface area is 194 Å². The zero-order valence-electron chi connectivity index (χ0n) is 21.6. The second kappa shape index (κ2) is 19.5. The van der Waals surface area contributed by atoms with Crippen molar-refractivity contribution in [3.05, 3.63) is 0 Å². The van der Waals surface area contributed by atoms with E-state index in [1.54, 1.807) is 0 Å². The molecule has 0 aliphatic carbocycles. The van der Waals surface area contributed by atoms with Crippen LogP contribution in [0.5, 0.6) is 0 Å². The summed E-state index contributed by atoms with van der Waals surface area (Å²) in [5.74, 6) is 0. The largest absolute Gasteiger partial charge is 0.472 e. The maximum Gasteiger partial charge on any atom is 0.472 e. The number of likely N-dealkylation sites (N-methyl/N-ethyl adjacent to an activating group) is 1. The van der Waals surface area contributed by atoms with Crippen LogP contribution in [0.2, 0.25) is 0 Å². The Morgan fingerprint density at radius 3 is 1.42 bits per heavy atom. The Bertz CT molecular complexity index is 443. The van der Waals surface area contributed by atoms with Gasteiger partial charge in [-0.3, -0.25) is 9.05 Å². The van der Waals surface area contributed by atoms with Gasteiger partial charge in [0.25, 0.3) is 0 Å². The monoisotopic (exact) mass is 464 g/mol. The van der Waals surface area contributed by atoms with Crippen molar-refractivity contribution in [2.24, 2.45) is 0 Å². The first-order chi connectivity index (χ1) is 14.7. The van der Waals surface area contributed by atoms with E-state index in [9.17, 15) is 9.46 Å². The lowest BCUT2D eigenvalue weighted by molar-refractivity contribution is -0.911. The summed E-state index contributed by atoms with van der Waals surface area (Å²) in [6, 6.07) is 0.438. The Kier molecular flexibility index (Phi) is 19.6. The van der Waals surface area contributed by atoms with Crippen LogP contribution in [0.25, 0.3) is 0 Å². The topological polar surface area (TPSA) is 55.8 Å². The summed E-state index contributed by atoms with van der Waals surface area (Å²) in [7, 11) is 0.273. The molecule has 0 aromatic carbocycles. The molecule has 188 valence electrons. The molecule has 0 saturated carbocycles. The molecule has 6 heteroatoms. The van der Waals surface area contributed by atoms with Crippen molar-refractivity contribution in [2.75, 3.05) is 33.9 Å². The van der Waals surface area contributed by atoms with E-state index < -0.39 is 7.82 Å². The molecule has 0 aromatic rings. The van der Waals surface area contributed by atoms with Gasteiger partial charge in [0, 0.05) is 0 Å². The van der Waals surface area contributed by atoms with Crippen LogP contribution in [0.1, 0.15) is 124 Å². The zero-order valence-corrected chi connectivity index (χ0v) is 22.5. The Hall–Kier alpha value is 0.0700. The van der Waals surface area contributed by atoms with Crippen molar-refractivity contribution >= 4 is 7.82 Å². The van der Waals surface area contributed by atoms with Gasteiger partial charge in [0.05, 0.1) is 26.7 Å². The van der Waals surface area contributed by atoms with E-state index in [-0.39, 0.29) is 6.61 Å². The van der Waals surface area contributed by atoms with E-state index in [0.29, 0.717) is 19.2 Å². The summed E-state index contributed by atoms with van der Waals surface area (Å²) in [4.78, 5) is 9.78. The molecule has 0 fully saturated rings. The summed E-state index contributed by atoms with van der Waals surface area (Å²) in [6.07, 6.45) is 21.0. The summed E-state index contributed by atoms with van der Waals surface area (Å²) in [6.45, 7) is 7.76. The molecule has 31 heavy (non-hydrogen) atoms. The van der Waals surface area contributed by atoms with E-state index in [0.717, 1.165) is 17.3 Å². The highest BCUT2D eigenvalue weighted by Crippen LogP contribution is 2.43. The molecule has 0 bridgehead atoms. The number of hydrogen-bond donors (Lipinski definition) is 1. The number of hydrogen-bond acceptors (Lipinski definition) is 3. The Balaban J connectivity index is 3.39. The first kappa shape index (κ1) is 31.1. The van der Waals surface area contributed by atoms with Crippen LogP contribution in [0.15, 0.2) is 0 Å². The average Bonchev–Trinajstić information content (AvgIpc) is 2.69.